The van der Waals surface area contributed by atoms with E-state index in [4.69, 9.17) is 5.73 Å². The lowest BCUT2D eigenvalue weighted by Crippen LogP contribution is -2.48. The van der Waals surface area contributed by atoms with Crippen molar-refractivity contribution in [3.8, 4) is 0 Å². The Morgan fingerprint density at radius 1 is 1.44 bits per heavy atom. The molecule has 0 saturated heterocycles. The Morgan fingerprint density at radius 2 is 2.06 bits per heavy atom. The molecule has 3 unspecified atom stereocenters. The van der Waals surface area contributed by atoms with Gasteiger partial charge in [0.25, 0.3) is 0 Å². The van der Waals surface area contributed by atoms with Crippen LogP contribution >= 0.6 is 0 Å². The van der Waals surface area contributed by atoms with Gasteiger partial charge in [-0.3, -0.25) is 4.79 Å². The van der Waals surface area contributed by atoms with Crippen LogP contribution in [0.4, 0.5) is 0 Å². The zero-order valence-electron chi connectivity index (χ0n) is 10.7. The van der Waals surface area contributed by atoms with Crippen LogP contribution in [0, 0.1) is 5.92 Å². The van der Waals surface area contributed by atoms with E-state index < -0.39 is 0 Å². The zero-order valence-corrected chi connectivity index (χ0v) is 10.7. The van der Waals surface area contributed by atoms with Crippen molar-refractivity contribution in [3.63, 3.8) is 0 Å². The summed E-state index contributed by atoms with van der Waals surface area (Å²) in [6.07, 6.45) is 4.23. The van der Waals surface area contributed by atoms with Gasteiger partial charge in [-0.1, -0.05) is 12.8 Å². The van der Waals surface area contributed by atoms with Crippen LogP contribution in [0.3, 0.4) is 0 Å². The zero-order chi connectivity index (χ0) is 12.1. The molecule has 4 nitrogen and oxygen atoms in total. The van der Waals surface area contributed by atoms with Gasteiger partial charge in [-0.05, 0) is 33.9 Å². The fourth-order valence-corrected chi connectivity index (χ4v) is 2.43. The highest BCUT2D eigenvalue weighted by atomic mass is 16.2. The third-order valence-corrected chi connectivity index (χ3v) is 3.18. The summed E-state index contributed by atoms with van der Waals surface area (Å²) >= 11 is 0. The minimum Gasteiger partial charge on any atom is -0.352 e. The minimum atomic E-state index is 0.0263. The molecule has 0 aromatic rings. The molecule has 4 heteroatoms. The molecular formula is C12H25N3O. The molecule has 94 valence electrons. The number of amides is 1. The predicted octanol–water partition coefficient (Wildman–Crippen LogP) is 0.570. The van der Waals surface area contributed by atoms with Crippen LogP contribution in [0.15, 0.2) is 0 Å². The average Bonchev–Trinajstić information content (AvgIpc) is 2.16. The Hall–Kier alpha value is -0.610. The molecule has 1 rings (SSSR count). The number of hydrogen-bond donors (Lipinski definition) is 2. The highest BCUT2D eigenvalue weighted by Gasteiger charge is 2.28. The summed E-state index contributed by atoms with van der Waals surface area (Å²) in [7, 11) is 4.02. The van der Waals surface area contributed by atoms with E-state index in [2.05, 4.69) is 10.2 Å². The summed E-state index contributed by atoms with van der Waals surface area (Å²) in [4.78, 5) is 14.1. The largest absolute Gasteiger partial charge is 0.352 e. The summed E-state index contributed by atoms with van der Waals surface area (Å²) in [6, 6.07) is 0.247. The van der Waals surface area contributed by atoms with Crippen LogP contribution in [0.5, 0.6) is 0 Å². The minimum absolute atomic E-state index is 0.0263. The lowest BCUT2D eigenvalue weighted by Gasteiger charge is -2.29. The fraction of sp³-hybridized carbons (Fsp3) is 0.917. The number of nitrogens with one attached hydrogen (secondary N) is 1. The molecule has 1 fully saturated rings. The highest BCUT2D eigenvalue weighted by Crippen LogP contribution is 2.23. The maximum atomic E-state index is 12.0. The molecule has 1 aliphatic carbocycles. The SMILES string of the molecule is CC(CN(C)C)NC(=O)C1CCCCC1N. The van der Waals surface area contributed by atoms with Crippen LogP contribution in [0.25, 0.3) is 0 Å². The summed E-state index contributed by atoms with van der Waals surface area (Å²) in [5, 5.41) is 3.05. The molecule has 0 aromatic carbocycles. The van der Waals surface area contributed by atoms with Gasteiger partial charge in [0, 0.05) is 18.6 Å². The molecule has 3 N–H and O–H groups in total. The molecule has 0 radical (unpaired) electrons. The number of carbonyl (C=O) groups is 1. The van der Waals surface area contributed by atoms with Gasteiger partial charge >= 0.3 is 0 Å². The first kappa shape index (κ1) is 13.5. The molecule has 0 spiro atoms. The van der Waals surface area contributed by atoms with Gasteiger partial charge < -0.3 is 16.0 Å². The maximum absolute atomic E-state index is 12.0. The van der Waals surface area contributed by atoms with E-state index in [1.165, 1.54) is 0 Å². The molecule has 1 aliphatic rings. The van der Waals surface area contributed by atoms with E-state index in [1.807, 2.05) is 21.0 Å². The van der Waals surface area contributed by atoms with E-state index in [0.717, 1.165) is 32.2 Å². The Kier molecular flexibility index (Phi) is 5.22. The van der Waals surface area contributed by atoms with Crippen molar-refractivity contribution in [3.05, 3.63) is 0 Å². The topological polar surface area (TPSA) is 58.4 Å². The summed E-state index contributed by atoms with van der Waals surface area (Å²) in [6.45, 7) is 2.90. The molecule has 1 amide bonds. The van der Waals surface area contributed by atoms with Crippen LogP contribution in [0.1, 0.15) is 32.6 Å². The van der Waals surface area contributed by atoms with Crippen molar-refractivity contribution < 1.29 is 4.79 Å². The first-order valence-electron chi connectivity index (χ1n) is 6.21. The van der Waals surface area contributed by atoms with Crippen molar-refractivity contribution in [1.29, 1.82) is 0 Å². The second-order valence-electron chi connectivity index (χ2n) is 5.23. The number of carbonyl (C=O) groups excluding carboxylic acids is 1. The van der Waals surface area contributed by atoms with Gasteiger partial charge in [0.1, 0.15) is 0 Å². The lowest BCUT2D eigenvalue weighted by molar-refractivity contribution is -0.127. The molecule has 0 bridgehead atoms. The van der Waals surface area contributed by atoms with Gasteiger partial charge in [-0.15, -0.1) is 0 Å². The number of hydrogen-bond acceptors (Lipinski definition) is 3. The summed E-state index contributed by atoms with van der Waals surface area (Å²) in [5.74, 6) is 0.167. The number of likely N-dealkylation sites (N-methyl/N-ethyl adjacent to an activating group) is 1. The molecular weight excluding hydrogens is 202 g/mol. The Bertz CT molecular complexity index is 230. The molecule has 3 atom stereocenters. The Morgan fingerprint density at radius 3 is 2.62 bits per heavy atom. The van der Waals surface area contributed by atoms with Crippen molar-refractivity contribution in [2.24, 2.45) is 11.7 Å². The molecule has 1 saturated carbocycles. The van der Waals surface area contributed by atoms with E-state index in [0.29, 0.717) is 0 Å². The van der Waals surface area contributed by atoms with Crippen molar-refractivity contribution in [2.75, 3.05) is 20.6 Å². The van der Waals surface area contributed by atoms with Gasteiger partial charge in [0.05, 0.1) is 5.92 Å². The number of rotatable bonds is 4. The first-order chi connectivity index (χ1) is 7.50. The van der Waals surface area contributed by atoms with Gasteiger partial charge in [-0.25, -0.2) is 0 Å². The quantitative estimate of drug-likeness (QED) is 0.738. The number of nitrogens with zero attached hydrogens (tertiary/aromatic N) is 1. The molecule has 16 heavy (non-hydrogen) atoms. The third-order valence-electron chi connectivity index (χ3n) is 3.18. The molecule has 0 aliphatic heterocycles. The third kappa shape index (κ3) is 4.10. The van der Waals surface area contributed by atoms with Crippen molar-refractivity contribution in [1.82, 2.24) is 10.2 Å². The highest BCUT2D eigenvalue weighted by molar-refractivity contribution is 5.79. The standard InChI is InChI=1S/C12H25N3O/c1-9(8-15(2)3)14-12(16)10-6-4-5-7-11(10)13/h9-11H,4-8,13H2,1-3H3,(H,14,16). The van der Waals surface area contributed by atoms with E-state index in [1.54, 1.807) is 0 Å². The predicted molar refractivity (Wildman–Crippen MR) is 66.1 cm³/mol. The van der Waals surface area contributed by atoms with E-state index in [-0.39, 0.29) is 23.9 Å². The monoisotopic (exact) mass is 227 g/mol. The lowest BCUT2D eigenvalue weighted by atomic mass is 9.84. The normalized spacial score (nSPS) is 27.8. The second-order valence-corrected chi connectivity index (χ2v) is 5.23. The Balaban J connectivity index is 2.38. The van der Waals surface area contributed by atoms with Crippen LogP contribution in [0.2, 0.25) is 0 Å². The van der Waals surface area contributed by atoms with Crippen LogP contribution in [-0.4, -0.2) is 43.5 Å². The molecule has 0 heterocycles. The average molecular weight is 227 g/mol. The van der Waals surface area contributed by atoms with E-state index >= 15 is 0 Å². The van der Waals surface area contributed by atoms with Crippen LogP contribution < -0.4 is 11.1 Å². The second kappa shape index (κ2) is 6.21. The van der Waals surface area contributed by atoms with Crippen molar-refractivity contribution in [2.45, 2.75) is 44.7 Å². The first-order valence-corrected chi connectivity index (χ1v) is 6.21. The summed E-state index contributed by atoms with van der Waals surface area (Å²) in [5.41, 5.74) is 5.99. The van der Waals surface area contributed by atoms with Gasteiger partial charge in [0.15, 0.2) is 0 Å². The molecule has 0 aromatic heterocycles. The maximum Gasteiger partial charge on any atom is 0.224 e. The number of nitrogens with two attached hydrogens (primary N) is 1. The summed E-state index contributed by atoms with van der Waals surface area (Å²) < 4.78 is 0. The Labute approximate surface area is 98.6 Å². The van der Waals surface area contributed by atoms with Gasteiger partial charge in [-0.2, -0.15) is 0 Å². The fourth-order valence-electron chi connectivity index (χ4n) is 2.43. The van der Waals surface area contributed by atoms with Gasteiger partial charge in [0.2, 0.25) is 5.91 Å². The smallest absolute Gasteiger partial charge is 0.224 e. The van der Waals surface area contributed by atoms with Crippen LogP contribution in [-0.2, 0) is 4.79 Å². The van der Waals surface area contributed by atoms with Crippen molar-refractivity contribution >= 4 is 5.91 Å². The van der Waals surface area contributed by atoms with E-state index in [9.17, 15) is 4.79 Å².